The van der Waals surface area contributed by atoms with Gasteiger partial charge in [-0.3, -0.25) is 19.2 Å². The molecule has 8 aromatic carbocycles. The number of pyridine rings is 4. The van der Waals surface area contributed by atoms with E-state index < -0.39 is 52.1 Å². The van der Waals surface area contributed by atoms with Gasteiger partial charge in [0.1, 0.15) is 75.4 Å². The molecular formula is C84H68F8N10O6S4. The number of amides is 1. The summed E-state index contributed by atoms with van der Waals surface area (Å²) in [7, 11) is 0. The molecule has 0 unspecified atom stereocenters. The summed E-state index contributed by atoms with van der Waals surface area (Å²) >= 11 is 5.46. The Morgan fingerprint density at radius 3 is 1.04 bits per heavy atom. The standard InChI is InChI=1S/C25H23F2N3O3S.C20H15F2N3OS.C20H16F2N2OS.C19H14F2N2OS/c1-25(2,3)33-24(32)30-10-8-29(9-11-30)23-22-20(16-12-14(26)4-6-18(16)28-23)21(31)17-13-15(27)5-7-19(17)34-22;21-11-1-3-15-13(9-11)17-18(26)14-10-12(22)2-4-16(14)27-19(17)20(24-15)25-7-5-23-6-8-25;1-2-3-8-23-20-19-17(13-9-11(21)4-6-15(13)24-20)18(25)14-10-12(22)5-7-16(14)26-19;1-2-7-22-19-18-16(12-8-10(20)3-5-14(12)23-19)17(24)13-9-11(21)4-6-15(13)25-18/h4-7,12-13H,8-11H2,1-3H3;1-4,9-10,23H,5-8H2;4-7,9-10H,2-3,8H2,1H3,(H,23,24);3-6,8-9H,2,7H2,1H3,(H,22,23). The van der Waals surface area contributed by atoms with Crippen molar-refractivity contribution in [3.05, 3.63) is 233 Å². The van der Waals surface area contributed by atoms with E-state index in [4.69, 9.17) is 14.7 Å². The van der Waals surface area contributed by atoms with Crippen LogP contribution in [0, 0.1) is 46.5 Å². The highest BCUT2D eigenvalue weighted by Crippen LogP contribution is 2.41. The molecule has 3 N–H and O–H groups in total. The first-order valence-electron chi connectivity index (χ1n) is 36.2. The summed E-state index contributed by atoms with van der Waals surface area (Å²) in [6.07, 6.45) is 2.54. The second kappa shape index (κ2) is 31.5. The highest BCUT2D eigenvalue weighted by atomic mass is 32.1. The van der Waals surface area contributed by atoms with Crippen molar-refractivity contribution in [1.29, 1.82) is 0 Å². The third-order valence-electron chi connectivity index (χ3n) is 19.1. The van der Waals surface area contributed by atoms with Crippen LogP contribution in [0.15, 0.2) is 165 Å². The largest absolute Gasteiger partial charge is 0.444 e. The van der Waals surface area contributed by atoms with E-state index in [1.807, 2.05) is 32.6 Å². The fourth-order valence-corrected chi connectivity index (χ4v) is 18.4. The van der Waals surface area contributed by atoms with E-state index >= 15 is 0 Å². The Balaban J connectivity index is 0.000000119. The van der Waals surface area contributed by atoms with Gasteiger partial charge >= 0.3 is 6.09 Å². The Morgan fingerprint density at radius 2 is 0.705 bits per heavy atom. The van der Waals surface area contributed by atoms with Gasteiger partial charge in [-0.25, -0.2) is 59.9 Å². The molecule has 0 saturated carbocycles. The first-order chi connectivity index (χ1) is 53.9. The summed E-state index contributed by atoms with van der Waals surface area (Å²) < 4.78 is 121. The number of nitrogens with zero attached hydrogens (tertiary/aromatic N) is 7. The third kappa shape index (κ3) is 15.3. The van der Waals surface area contributed by atoms with Crippen LogP contribution in [0.3, 0.4) is 0 Å². The molecule has 0 radical (unpaired) electrons. The van der Waals surface area contributed by atoms with Crippen molar-refractivity contribution in [3.63, 3.8) is 0 Å². The molecule has 2 aliphatic heterocycles. The fourth-order valence-electron chi connectivity index (χ4n) is 13.8. The predicted molar refractivity (Wildman–Crippen MR) is 441 cm³/mol. The predicted octanol–water partition coefficient (Wildman–Crippen LogP) is 19.5. The Labute approximate surface area is 648 Å². The third-order valence-corrected chi connectivity index (χ3v) is 23.8. The summed E-state index contributed by atoms with van der Waals surface area (Å²) in [4.78, 5) is 89.9. The van der Waals surface area contributed by atoms with Gasteiger partial charge in [0.25, 0.3) is 0 Å². The van der Waals surface area contributed by atoms with E-state index in [-0.39, 0.29) is 33.2 Å². The summed E-state index contributed by atoms with van der Waals surface area (Å²) in [6.45, 7) is 16.1. The van der Waals surface area contributed by atoms with Crippen LogP contribution in [-0.4, -0.2) is 102 Å². The lowest BCUT2D eigenvalue weighted by molar-refractivity contribution is 0.0240. The van der Waals surface area contributed by atoms with Crippen molar-refractivity contribution in [2.24, 2.45) is 0 Å². The Bertz CT molecular complexity index is 6770. The van der Waals surface area contributed by atoms with E-state index in [0.29, 0.717) is 164 Å². The van der Waals surface area contributed by atoms with Crippen LogP contribution in [0.4, 0.5) is 63.2 Å². The number of anilines is 4. The molecule has 2 saturated heterocycles. The molecule has 28 heteroatoms. The number of rotatable bonds is 9. The molecule has 570 valence electrons. The number of hydrogen-bond acceptors (Lipinski definition) is 19. The van der Waals surface area contributed by atoms with E-state index in [2.05, 4.69) is 37.7 Å². The monoisotopic (exact) mass is 1590 g/mol. The molecule has 2 aliphatic rings. The molecular weight excluding hydrogens is 1530 g/mol. The molecule has 0 bridgehead atoms. The molecule has 112 heavy (non-hydrogen) atoms. The zero-order valence-electron chi connectivity index (χ0n) is 60.8. The maximum absolute atomic E-state index is 14.1. The quantitative estimate of drug-likeness (QED) is 0.0535. The van der Waals surface area contributed by atoms with Gasteiger partial charge in [0.05, 0.1) is 62.4 Å². The number of hydrogen-bond donors (Lipinski definition) is 3. The SMILES string of the molecule is CC(C)(C)OC(=O)N1CCN(c2nc3ccc(F)cc3c3c(=O)c4cc(F)ccc4sc23)CC1.CCCCNc1nc2ccc(F)cc2c2c(=O)c3cc(F)ccc3sc12.CCCNc1nc2ccc(F)cc2c2c(=O)c3cc(F)ccc3sc12.O=c1c2cc(F)ccc2sc2c(N3CCNCC3)nc3ccc(F)cc3c12. The molecule has 0 spiro atoms. The van der Waals surface area contributed by atoms with Gasteiger partial charge in [-0.1, -0.05) is 20.3 Å². The van der Waals surface area contributed by atoms with Crippen LogP contribution in [0.1, 0.15) is 53.9 Å². The number of unbranched alkanes of at least 4 members (excludes halogenated alkanes) is 1. The lowest BCUT2D eigenvalue weighted by Crippen LogP contribution is -2.50. The topological polar surface area (TPSA) is 192 Å². The van der Waals surface area contributed by atoms with Crippen molar-refractivity contribution in [2.75, 3.05) is 85.9 Å². The minimum absolute atomic E-state index is 0.259. The van der Waals surface area contributed by atoms with Gasteiger partial charge in [-0.2, -0.15) is 0 Å². The molecule has 16 aromatic rings. The molecule has 0 aliphatic carbocycles. The van der Waals surface area contributed by atoms with Gasteiger partial charge in [0.15, 0.2) is 21.7 Å². The number of piperazine rings is 2. The second-order valence-corrected chi connectivity index (χ2v) is 32.1. The summed E-state index contributed by atoms with van der Waals surface area (Å²) in [5, 5.41) is 14.3. The minimum atomic E-state index is -0.577. The molecule has 16 nitrogen and oxygen atoms in total. The fraction of sp³-hybridized carbons (Fsp3) is 0.226. The Kier molecular flexibility index (Phi) is 21.5. The number of halogens is 8. The zero-order chi connectivity index (χ0) is 78.6. The zero-order valence-corrected chi connectivity index (χ0v) is 64.1. The highest BCUT2D eigenvalue weighted by Gasteiger charge is 2.30. The first-order valence-corrected chi connectivity index (χ1v) is 39.4. The van der Waals surface area contributed by atoms with Crippen LogP contribution in [0.25, 0.3) is 124 Å². The van der Waals surface area contributed by atoms with Crippen molar-refractivity contribution < 1.29 is 44.7 Å². The van der Waals surface area contributed by atoms with E-state index in [1.165, 1.54) is 142 Å². The first kappa shape index (κ1) is 76.2. The van der Waals surface area contributed by atoms with Gasteiger partial charge in [-0.15, -0.1) is 45.3 Å². The number of carbonyl (C=O) groups excluding carboxylic acids is 1. The van der Waals surface area contributed by atoms with E-state index in [1.54, 1.807) is 53.4 Å². The summed E-state index contributed by atoms with van der Waals surface area (Å²) in [5.74, 6) is -1.11. The normalized spacial score (nSPS) is 13.4. The number of carbonyl (C=O) groups is 1. The molecule has 10 heterocycles. The molecule has 1 amide bonds. The molecule has 8 aromatic heterocycles. The van der Waals surface area contributed by atoms with Crippen LogP contribution in [0.5, 0.6) is 0 Å². The maximum Gasteiger partial charge on any atom is 0.410 e. The van der Waals surface area contributed by atoms with Gasteiger partial charge in [0.2, 0.25) is 0 Å². The number of fused-ring (bicyclic) bond motifs is 16. The summed E-state index contributed by atoms with van der Waals surface area (Å²) in [5.41, 5.74) is 0.307. The molecule has 2 fully saturated rings. The Hall–Kier alpha value is -11.2. The smallest absolute Gasteiger partial charge is 0.410 e. The van der Waals surface area contributed by atoms with Crippen molar-refractivity contribution >= 4 is 199 Å². The lowest BCUT2D eigenvalue weighted by atomic mass is 10.1. The van der Waals surface area contributed by atoms with Crippen LogP contribution in [-0.2, 0) is 4.74 Å². The minimum Gasteiger partial charge on any atom is -0.444 e. The maximum atomic E-state index is 14.1. The van der Waals surface area contributed by atoms with Crippen LogP contribution >= 0.6 is 45.3 Å². The highest BCUT2D eigenvalue weighted by molar-refractivity contribution is 7.26. The van der Waals surface area contributed by atoms with E-state index in [0.717, 1.165) is 62.5 Å². The molecule has 18 rings (SSSR count). The number of ether oxygens (including phenoxy) is 1. The van der Waals surface area contributed by atoms with Crippen LogP contribution < -0.4 is 47.5 Å². The van der Waals surface area contributed by atoms with Crippen molar-refractivity contribution in [2.45, 2.75) is 59.5 Å². The van der Waals surface area contributed by atoms with Crippen molar-refractivity contribution in [1.82, 2.24) is 30.2 Å². The van der Waals surface area contributed by atoms with Gasteiger partial charge < -0.3 is 35.4 Å². The number of nitrogens with one attached hydrogen (secondary N) is 3. The second-order valence-electron chi connectivity index (χ2n) is 27.9. The van der Waals surface area contributed by atoms with E-state index in [9.17, 15) is 59.1 Å². The average molecular weight is 1590 g/mol. The lowest BCUT2D eigenvalue weighted by Gasteiger charge is -2.36. The van der Waals surface area contributed by atoms with Crippen LogP contribution in [0.2, 0.25) is 0 Å². The number of benzene rings is 8. The van der Waals surface area contributed by atoms with Crippen molar-refractivity contribution in [3.8, 4) is 0 Å². The van der Waals surface area contributed by atoms with Gasteiger partial charge in [-0.05, 0) is 179 Å². The number of aromatic nitrogens is 4. The summed E-state index contributed by atoms with van der Waals surface area (Å²) in [6, 6.07) is 33.5. The molecule has 0 atom stereocenters. The van der Waals surface area contributed by atoms with Gasteiger partial charge in [0, 0.05) is 127 Å². The Morgan fingerprint density at radius 1 is 0.402 bits per heavy atom. The average Bonchev–Trinajstić information content (AvgIpc) is 0.737.